The fraction of sp³-hybridized carbons (Fsp3) is 0.143. The zero-order valence-corrected chi connectivity index (χ0v) is 14.0. The summed E-state index contributed by atoms with van der Waals surface area (Å²) < 4.78 is 11.8. The van der Waals surface area contributed by atoms with Crippen molar-refractivity contribution >= 4 is 37.6 Å². The lowest BCUT2D eigenvalue weighted by molar-refractivity contribution is 0.103. The van der Waals surface area contributed by atoms with Gasteiger partial charge in [0.25, 0.3) is 0 Å². The second-order valence-corrected chi connectivity index (χ2v) is 5.65. The number of methoxy groups -OCH3 is 2. The van der Waals surface area contributed by atoms with E-state index in [1.165, 1.54) is 7.11 Å². The van der Waals surface area contributed by atoms with Crippen molar-refractivity contribution in [3.05, 3.63) is 50.7 Å². The van der Waals surface area contributed by atoms with E-state index >= 15 is 0 Å². The Bertz CT molecular complexity index is 659. The maximum atomic E-state index is 12.6. The van der Waals surface area contributed by atoms with Crippen LogP contribution in [-0.2, 0) is 0 Å². The smallest absolute Gasteiger partial charge is 0.216 e. The first kappa shape index (κ1) is 15.0. The van der Waals surface area contributed by atoms with Gasteiger partial charge in [-0.2, -0.15) is 0 Å². The van der Waals surface area contributed by atoms with Crippen LogP contribution in [0.15, 0.2) is 39.4 Å². The van der Waals surface area contributed by atoms with Crippen molar-refractivity contribution < 1.29 is 14.3 Å². The molecule has 0 radical (unpaired) electrons. The highest BCUT2D eigenvalue weighted by atomic mass is 79.9. The fourth-order valence-corrected chi connectivity index (χ4v) is 2.87. The van der Waals surface area contributed by atoms with Crippen LogP contribution in [0.4, 0.5) is 0 Å². The molecular weight excluding hydrogens is 390 g/mol. The van der Waals surface area contributed by atoms with Gasteiger partial charge >= 0.3 is 0 Å². The first-order chi connectivity index (χ1) is 9.56. The van der Waals surface area contributed by atoms with E-state index in [1.807, 2.05) is 0 Å². The van der Waals surface area contributed by atoms with Gasteiger partial charge in [-0.15, -0.1) is 0 Å². The van der Waals surface area contributed by atoms with E-state index in [2.05, 4.69) is 36.8 Å². The SMILES string of the molecule is COc1ccc(OC)c(C(=O)c2ncc(Br)cc2Br)c1. The third-order valence-corrected chi connectivity index (χ3v) is 3.71. The van der Waals surface area contributed by atoms with Crippen molar-refractivity contribution in [1.82, 2.24) is 4.98 Å². The number of nitrogens with zero attached hydrogens (tertiary/aromatic N) is 1. The minimum absolute atomic E-state index is 0.236. The summed E-state index contributed by atoms with van der Waals surface area (Å²) >= 11 is 6.65. The number of pyridine rings is 1. The molecule has 0 bridgehead atoms. The molecule has 20 heavy (non-hydrogen) atoms. The van der Waals surface area contributed by atoms with Gasteiger partial charge in [-0.3, -0.25) is 9.78 Å². The highest BCUT2D eigenvalue weighted by molar-refractivity contribution is 9.11. The summed E-state index contributed by atoms with van der Waals surface area (Å²) in [6, 6.07) is 6.84. The maximum absolute atomic E-state index is 12.6. The molecule has 2 rings (SSSR count). The van der Waals surface area contributed by atoms with Crippen molar-refractivity contribution in [3.63, 3.8) is 0 Å². The van der Waals surface area contributed by atoms with Crippen LogP contribution in [0.3, 0.4) is 0 Å². The molecule has 0 saturated heterocycles. The summed E-state index contributed by atoms with van der Waals surface area (Å²) in [5, 5.41) is 0. The summed E-state index contributed by atoms with van der Waals surface area (Å²) in [6.45, 7) is 0. The first-order valence-corrected chi connectivity index (χ1v) is 7.23. The van der Waals surface area contributed by atoms with Crippen LogP contribution in [0, 0.1) is 0 Å². The number of hydrogen-bond donors (Lipinski definition) is 0. The molecular formula is C14H11Br2NO3. The van der Waals surface area contributed by atoms with Gasteiger partial charge in [-0.1, -0.05) is 0 Å². The minimum Gasteiger partial charge on any atom is -0.497 e. The second-order valence-electron chi connectivity index (χ2n) is 3.88. The van der Waals surface area contributed by atoms with Gasteiger partial charge in [0.05, 0.1) is 19.8 Å². The van der Waals surface area contributed by atoms with E-state index in [4.69, 9.17) is 9.47 Å². The van der Waals surface area contributed by atoms with Gasteiger partial charge in [-0.05, 0) is 56.1 Å². The summed E-state index contributed by atoms with van der Waals surface area (Å²) in [6.07, 6.45) is 1.57. The summed E-state index contributed by atoms with van der Waals surface area (Å²) in [5.74, 6) is 0.829. The second kappa shape index (κ2) is 6.37. The van der Waals surface area contributed by atoms with Crippen LogP contribution >= 0.6 is 31.9 Å². The predicted octanol–water partition coefficient (Wildman–Crippen LogP) is 3.85. The molecule has 1 aromatic carbocycles. The number of aromatic nitrogens is 1. The Morgan fingerprint density at radius 3 is 2.50 bits per heavy atom. The average Bonchev–Trinajstić information content (AvgIpc) is 2.46. The van der Waals surface area contributed by atoms with Crippen LogP contribution < -0.4 is 9.47 Å². The van der Waals surface area contributed by atoms with Gasteiger partial charge in [0.15, 0.2) is 0 Å². The highest BCUT2D eigenvalue weighted by Crippen LogP contribution is 2.28. The molecule has 0 fully saturated rings. The maximum Gasteiger partial charge on any atom is 0.216 e. The zero-order valence-electron chi connectivity index (χ0n) is 10.8. The molecule has 1 heterocycles. The summed E-state index contributed by atoms with van der Waals surface area (Å²) in [4.78, 5) is 16.7. The van der Waals surface area contributed by atoms with Crippen molar-refractivity contribution in [2.24, 2.45) is 0 Å². The van der Waals surface area contributed by atoms with Crippen LogP contribution in [0.1, 0.15) is 16.1 Å². The first-order valence-electron chi connectivity index (χ1n) is 5.64. The largest absolute Gasteiger partial charge is 0.497 e. The molecule has 0 aliphatic carbocycles. The van der Waals surface area contributed by atoms with Crippen molar-refractivity contribution in [2.45, 2.75) is 0 Å². The van der Waals surface area contributed by atoms with E-state index < -0.39 is 0 Å². The van der Waals surface area contributed by atoms with Crippen LogP contribution in [-0.4, -0.2) is 25.0 Å². The summed E-state index contributed by atoms with van der Waals surface area (Å²) in [7, 11) is 3.06. The van der Waals surface area contributed by atoms with Gasteiger partial charge in [0.2, 0.25) is 5.78 Å². The van der Waals surface area contributed by atoms with Gasteiger partial charge in [0, 0.05) is 15.1 Å². The monoisotopic (exact) mass is 399 g/mol. The Labute approximate surface area is 133 Å². The molecule has 0 aliphatic heterocycles. The zero-order chi connectivity index (χ0) is 14.7. The third kappa shape index (κ3) is 3.02. The van der Waals surface area contributed by atoms with Gasteiger partial charge in [-0.25, -0.2) is 0 Å². The topological polar surface area (TPSA) is 48.4 Å². The molecule has 0 atom stereocenters. The lowest BCUT2D eigenvalue weighted by Gasteiger charge is -2.10. The van der Waals surface area contributed by atoms with Crippen LogP contribution in [0.2, 0.25) is 0 Å². The molecule has 0 spiro atoms. The molecule has 1 aromatic heterocycles. The number of halogens is 2. The van der Waals surface area contributed by atoms with Gasteiger partial charge < -0.3 is 9.47 Å². The number of benzene rings is 1. The molecule has 0 saturated carbocycles. The molecule has 4 nitrogen and oxygen atoms in total. The van der Waals surface area contributed by atoms with E-state index in [-0.39, 0.29) is 5.78 Å². The molecule has 0 amide bonds. The Morgan fingerprint density at radius 1 is 1.15 bits per heavy atom. The number of ketones is 1. The molecule has 104 valence electrons. The Kier molecular flexibility index (Phi) is 4.77. The van der Waals surface area contributed by atoms with Crippen molar-refractivity contribution in [2.75, 3.05) is 14.2 Å². The Balaban J connectivity index is 2.51. The minimum atomic E-state index is -0.236. The van der Waals surface area contributed by atoms with Gasteiger partial charge in [0.1, 0.15) is 17.2 Å². The lowest BCUT2D eigenvalue weighted by Crippen LogP contribution is -2.07. The quantitative estimate of drug-likeness (QED) is 0.731. The average molecular weight is 401 g/mol. The number of carbonyl (C=O) groups excluding carboxylic acids is 1. The number of hydrogen-bond acceptors (Lipinski definition) is 4. The molecule has 2 aromatic rings. The summed E-state index contributed by atoms with van der Waals surface area (Å²) in [5.41, 5.74) is 0.724. The molecule has 0 unspecified atom stereocenters. The standard InChI is InChI=1S/C14H11Br2NO3/c1-19-9-3-4-12(20-2)10(6-9)14(18)13-11(16)5-8(15)7-17-13/h3-7H,1-2H3. The Hall–Kier alpha value is -1.40. The van der Waals surface area contributed by atoms with Crippen LogP contribution in [0.5, 0.6) is 11.5 Å². The number of ether oxygens (including phenoxy) is 2. The highest BCUT2D eigenvalue weighted by Gasteiger charge is 2.19. The predicted molar refractivity (Wildman–Crippen MR) is 82.6 cm³/mol. The van der Waals surface area contributed by atoms with E-state index in [0.29, 0.717) is 27.2 Å². The number of carbonyl (C=O) groups is 1. The fourth-order valence-electron chi connectivity index (χ4n) is 1.70. The number of rotatable bonds is 4. The van der Waals surface area contributed by atoms with Crippen molar-refractivity contribution in [3.8, 4) is 11.5 Å². The lowest BCUT2D eigenvalue weighted by atomic mass is 10.1. The Morgan fingerprint density at radius 2 is 1.90 bits per heavy atom. The van der Waals surface area contributed by atoms with E-state index in [0.717, 1.165) is 4.47 Å². The van der Waals surface area contributed by atoms with Crippen molar-refractivity contribution in [1.29, 1.82) is 0 Å². The normalized spacial score (nSPS) is 10.2. The van der Waals surface area contributed by atoms with Crippen LogP contribution in [0.25, 0.3) is 0 Å². The molecule has 0 aliphatic rings. The molecule has 0 N–H and O–H groups in total. The molecule has 6 heteroatoms. The van der Waals surface area contributed by atoms with E-state index in [9.17, 15) is 4.79 Å². The third-order valence-electron chi connectivity index (χ3n) is 2.67. The van der Waals surface area contributed by atoms with E-state index in [1.54, 1.807) is 37.6 Å².